The molecule has 0 atom stereocenters. The van der Waals surface area contributed by atoms with Crippen LogP contribution in [-0.4, -0.2) is 49.7 Å². The van der Waals surface area contributed by atoms with Crippen LogP contribution < -0.4 is 0 Å². The molecule has 6 heteroatoms. The van der Waals surface area contributed by atoms with Gasteiger partial charge in [-0.2, -0.15) is 4.31 Å². The van der Waals surface area contributed by atoms with E-state index < -0.39 is 10.0 Å². The maximum atomic E-state index is 13.3. The Hall–Kier alpha value is -1.40. The van der Waals surface area contributed by atoms with E-state index in [-0.39, 0.29) is 11.8 Å². The summed E-state index contributed by atoms with van der Waals surface area (Å²) in [5.74, 6) is 0.375. The molecule has 1 saturated carbocycles. The van der Waals surface area contributed by atoms with Crippen LogP contribution in [-0.2, 0) is 14.8 Å². The number of hydrogen-bond acceptors (Lipinski definition) is 3. The molecule has 0 unspecified atom stereocenters. The minimum atomic E-state index is -3.54. The molecule has 3 rings (SSSR count). The number of amides is 1. The minimum absolute atomic E-state index is 0.155. The van der Waals surface area contributed by atoms with Gasteiger partial charge in [-0.1, -0.05) is 18.9 Å². The van der Waals surface area contributed by atoms with Gasteiger partial charge in [-0.05, 0) is 62.8 Å². The largest absolute Gasteiger partial charge is 0.340 e. The van der Waals surface area contributed by atoms with Crippen molar-refractivity contribution in [1.29, 1.82) is 0 Å². The Morgan fingerprint density at radius 2 is 1.42 bits per heavy atom. The molecule has 5 nitrogen and oxygen atoms in total. The van der Waals surface area contributed by atoms with E-state index in [0.29, 0.717) is 31.1 Å². The van der Waals surface area contributed by atoms with Gasteiger partial charge >= 0.3 is 0 Å². The maximum absolute atomic E-state index is 13.3. The molecular weight excluding hydrogens is 348 g/mol. The molecule has 1 aliphatic heterocycles. The highest BCUT2D eigenvalue weighted by atomic mass is 32.2. The van der Waals surface area contributed by atoms with Crippen LogP contribution in [0.5, 0.6) is 0 Å². The highest BCUT2D eigenvalue weighted by molar-refractivity contribution is 7.89. The standard InChI is InChI=1S/C20H30N2O3S/c1-14-13-15(2)17(4)19(16(14)3)26(24,25)22-11-9-21(10-12-22)20(23)18-7-5-6-8-18/h13,18H,5-12H2,1-4H3. The van der Waals surface area contributed by atoms with Crippen molar-refractivity contribution < 1.29 is 13.2 Å². The van der Waals surface area contributed by atoms with Crippen molar-refractivity contribution in [3.63, 3.8) is 0 Å². The molecule has 0 N–H and O–H groups in total. The Bertz CT molecular complexity index is 777. The van der Waals surface area contributed by atoms with Gasteiger partial charge in [-0.3, -0.25) is 4.79 Å². The lowest BCUT2D eigenvalue weighted by Crippen LogP contribution is -2.51. The minimum Gasteiger partial charge on any atom is -0.340 e. The molecule has 0 radical (unpaired) electrons. The second-order valence-electron chi connectivity index (χ2n) is 7.80. The zero-order chi connectivity index (χ0) is 19.1. The Labute approximate surface area is 157 Å². The smallest absolute Gasteiger partial charge is 0.243 e. The van der Waals surface area contributed by atoms with Crippen LogP contribution in [0.1, 0.15) is 47.9 Å². The molecule has 1 aromatic carbocycles. The summed E-state index contributed by atoms with van der Waals surface area (Å²) in [7, 11) is -3.54. The molecular formula is C20H30N2O3S. The normalized spacial score (nSPS) is 19.9. The summed E-state index contributed by atoms with van der Waals surface area (Å²) in [5.41, 5.74) is 3.67. The topological polar surface area (TPSA) is 57.7 Å². The van der Waals surface area contributed by atoms with Crippen LogP contribution in [0.3, 0.4) is 0 Å². The van der Waals surface area contributed by atoms with Gasteiger partial charge in [0.2, 0.25) is 15.9 Å². The highest BCUT2D eigenvalue weighted by Crippen LogP contribution is 2.30. The average molecular weight is 379 g/mol. The SMILES string of the molecule is Cc1cc(C)c(C)c(S(=O)(=O)N2CCN(C(=O)C3CCCC3)CC2)c1C. The lowest BCUT2D eigenvalue weighted by Gasteiger charge is -2.36. The number of hydrogen-bond donors (Lipinski definition) is 0. The van der Waals surface area contributed by atoms with Crippen molar-refractivity contribution in [1.82, 2.24) is 9.21 Å². The van der Waals surface area contributed by atoms with E-state index in [1.165, 1.54) is 0 Å². The number of nitrogens with zero attached hydrogens (tertiary/aromatic N) is 2. The number of aryl methyl sites for hydroxylation is 2. The van der Waals surface area contributed by atoms with E-state index in [9.17, 15) is 13.2 Å². The molecule has 1 saturated heterocycles. The van der Waals surface area contributed by atoms with Crippen LogP contribution in [0.4, 0.5) is 0 Å². The summed E-state index contributed by atoms with van der Waals surface area (Å²) >= 11 is 0. The lowest BCUT2D eigenvalue weighted by molar-refractivity contribution is -0.136. The molecule has 144 valence electrons. The molecule has 1 heterocycles. The summed E-state index contributed by atoms with van der Waals surface area (Å²) < 4.78 is 28.1. The number of rotatable bonds is 3. The summed E-state index contributed by atoms with van der Waals surface area (Å²) in [4.78, 5) is 14.9. The number of carbonyl (C=O) groups excluding carboxylic acids is 1. The number of benzene rings is 1. The first-order valence-corrected chi connectivity index (χ1v) is 11.0. The Morgan fingerprint density at radius 3 is 1.92 bits per heavy atom. The van der Waals surface area contributed by atoms with Crippen LogP contribution in [0.2, 0.25) is 0 Å². The number of carbonyl (C=O) groups is 1. The number of sulfonamides is 1. The van der Waals surface area contributed by atoms with Gasteiger partial charge in [-0.15, -0.1) is 0 Å². The van der Waals surface area contributed by atoms with Crippen molar-refractivity contribution in [2.45, 2.75) is 58.3 Å². The fourth-order valence-corrected chi connectivity index (χ4v) is 6.27. The fourth-order valence-electron chi connectivity index (χ4n) is 4.28. The zero-order valence-electron chi connectivity index (χ0n) is 16.3. The van der Waals surface area contributed by atoms with Gasteiger partial charge in [0.25, 0.3) is 0 Å². The van der Waals surface area contributed by atoms with E-state index in [4.69, 9.17) is 0 Å². The van der Waals surface area contributed by atoms with Gasteiger partial charge in [0.15, 0.2) is 0 Å². The third-order valence-corrected chi connectivity index (χ3v) is 8.32. The van der Waals surface area contributed by atoms with Crippen molar-refractivity contribution in [3.05, 3.63) is 28.3 Å². The van der Waals surface area contributed by atoms with Gasteiger partial charge in [0.1, 0.15) is 0 Å². The Morgan fingerprint density at radius 1 is 0.923 bits per heavy atom. The first kappa shape index (κ1) is 19.4. The van der Waals surface area contributed by atoms with Crippen molar-refractivity contribution in [2.24, 2.45) is 5.92 Å². The molecule has 1 aliphatic carbocycles. The van der Waals surface area contributed by atoms with Crippen LogP contribution in [0.25, 0.3) is 0 Å². The Kier molecular flexibility index (Phi) is 5.45. The molecule has 0 aromatic heterocycles. The van der Waals surface area contributed by atoms with E-state index in [1.54, 1.807) is 4.31 Å². The molecule has 26 heavy (non-hydrogen) atoms. The van der Waals surface area contributed by atoms with Crippen LogP contribution in [0, 0.1) is 33.6 Å². The van der Waals surface area contributed by atoms with E-state index in [2.05, 4.69) is 0 Å². The fraction of sp³-hybridized carbons (Fsp3) is 0.650. The first-order valence-electron chi connectivity index (χ1n) is 9.60. The van der Waals surface area contributed by atoms with Crippen molar-refractivity contribution in [2.75, 3.05) is 26.2 Å². The highest BCUT2D eigenvalue weighted by Gasteiger charge is 2.35. The van der Waals surface area contributed by atoms with Crippen LogP contribution in [0.15, 0.2) is 11.0 Å². The van der Waals surface area contributed by atoms with Gasteiger partial charge in [0, 0.05) is 32.1 Å². The predicted molar refractivity (Wildman–Crippen MR) is 103 cm³/mol. The molecule has 1 aromatic rings. The summed E-state index contributed by atoms with van der Waals surface area (Å²) in [6, 6.07) is 2.04. The van der Waals surface area contributed by atoms with E-state index >= 15 is 0 Å². The zero-order valence-corrected chi connectivity index (χ0v) is 17.2. The summed E-state index contributed by atoms with van der Waals surface area (Å²) in [5, 5.41) is 0. The summed E-state index contributed by atoms with van der Waals surface area (Å²) in [6.45, 7) is 9.44. The molecule has 2 fully saturated rings. The predicted octanol–water partition coefficient (Wildman–Crippen LogP) is 2.94. The second kappa shape index (κ2) is 7.31. The van der Waals surface area contributed by atoms with E-state index in [1.807, 2.05) is 38.7 Å². The first-order chi connectivity index (χ1) is 12.2. The molecule has 0 spiro atoms. The lowest BCUT2D eigenvalue weighted by atomic mass is 10.0. The quantitative estimate of drug-likeness (QED) is 0.812. The van der Waals surface area contributed by atoms with Gasteiger partial charge in [-0.25, -0.2) is 8.42 Å². The Balaban J connectivity index is 1.78. The number of piperazine rings is 1. The van der Waals surface area contributed by atoms with Gasteiger partial charge in [0.05, 0.1) is 4.90 Å². The third-order valence-electron chi connectivity index (χ3n) is 6.15. The monoisotopic (exact) mass is 378 g/mol. The molecule has 2 aliphatic rings. The van der Waals surface area contributed by atoms with Crippen molar-refractivity contribution >= 4 is 15.9 Å². The van der Waals surface area contributed by atoms with Crippen LogP contribution >= 0.6 is 0 Å². The molecule has 0 bridgehead atoms. The second-order valence-corrected chi connectivity index (χ2v) is 9.68. The maximum Gasteiger partial charge on any atom is 0.243 e. The van der Waals surface area contributed by atoms with Crippen molar-refractivity contribution in [3.8, 4) is 0 Å². The third kappa shape index (κ3) is 3.41. The van der Waals surface area contributed by atoms with E-state index in [0.717, 1.165) is 47.9 Å². The average Bonchev–Trinajstić information content (AvgIpc) is 3.14. The summed E-state index contributed by atoms with van der Waals surface area (Å²) in [6.07, 6.45) is 4.24. The molecule has 1 amide bonds. The van der Waals surface area contributed by atoms with Gasteiger partial charge < -0.3 is 4.90 Å².